The molecule has 1 radical (unpaired) electrons. The van der Waals surface area contributed by atoms with Crippen molar-refractivity contribution in [3.8, 4) is 0 Å². The lowest BCUT2D eigenvalue weighted by atomic mass is 10.0. The topological polar surface area (TPSA) is 43.5 Å². The van der Waals surface area contributed by atoms with Crippen LogP contribution in [0.4, 0.5) is 5.69 Å². The molecule has 5 rings (SSSR count). The lowest BCUT2D eigenvalue weighted by molar-refractivity contribution is 0.0980. The maximum atomic E-state index is 12.3. The van der Waals surface area contributed by atoms with Crippen LogP contribution in [0.3, 0.4) is 0 Å². The van der Waals surface area contributed by atoms with Crippen LogP contribution in [-0.4, -0.2) is 11.7 Å². The van der Waals surface area contributed by atoms with Crippen molar-refractivity contribution >= 4 is 39.0 Å². The Morgan fingerprint density at radius 2 is 1.32 bits per heavy atom. The predicted molar refractivity (Wildman–Crippen MR) is 101 cm³/mol. The van der Waals surface area contributed by atoms with Crippen molar-refractivity contribution in [3.63, 3.8) is 0 Å². The number of carbonyl (C=O) groups excluding carboxylic acids is 1. The van der Waals surface area contributed by atoms with Gasteiger partial charge in [-0.25, -0.2) is 4.99 Å². The first-order chi connectivity index (χ1) is 12.3. The molecule has 1 heterocycles. The van der Waals surface area contributed by atoms with Crippen molar-refractivity contribution in [1.29, 1.82) is 0 Å². The van der Waals surface area contributed by atoms with Crippen LogP contribution < -0.4 is 5.32 Å². The smallest absolute Gasteiger partial charge is 0.267 e. The molecule has 0 aromatic heterocycles. The summed E-state index contributed by atoms with van der Waals surface area (Å²) in [5.74, 6) is 0.266. The number of benzene rings is 4. The molecule has 3 heteroatoms. The highest BCUT2D eigenvalue weighted by atomic mass is 16.2. The third-order valence-corrected chi connectivity index (χ3v) is 4.56. The number of fused-ring (bicyclic) bond motifs is 3. The summed E-state index contributed by atoms with van der Waals surface area (Å²) in [5.41, 5.74) is 2.25. The molecule has 0 fully saturated rings. The van der Waals surface area contributed by atoms with Crippen molar-refractivity contribution in [2.24, 2.45) is 4.99 Å². The van der Waals surface area contributed by atoms with E-state index in [1.165, 1.54) is 0 Å². The van der Waals surface area contributed by atoms with Crippen LogP contribution in [0.25, 0.3) is 21.5 Å². The van der Waals surface area contributed by atoms with Gasteiger partial charge in [-0.3, -0.25) is 4.79 Å². The van der Waals surface area contributed by atoms with Gasteiger partial charge in [0.05, 0.1) is 11.3 Å². The fraction of sp³-hybridized carbons (Fsp3) is 0. The number of nitrogens with zero attached hydrogens (tertiary/aromatic N) is 2. The van der Waals surface area contributed by atoms with E-state index in [9.17, 15) is 4.79 Å². The number of amides is 1. The van der Waals surface area contributed by atoms with E-state index in [1.54, 1.807) is 0 Å². The van der Waals surface area contributed by atoms with E-state index in [2.05, 4.69) is 17.4 Å². The van der Waals surface area contributed by atoms with Gasteiger partial charge in [0, 0.05) is 10.9 Å². The van der Waals surface area contributed by atoms with Gasteiger partial charge < -0.3 is 0 Å². The number of hydrogen-bond donors (Lipinski definition) is 0. The zero-order valence-electron chi connectivity index (χ0n) is 13.3. The van der Waals surface area contributed by atoms with Crippen LogP contribution in [0, 0.1) is 0 Å². The first-order valence-electron chi connectivity index (χ1n) is 8.15. The molecule has 4 aromatic carbocycles. The van der Waals surface area contributed by atoms with E-state index in [0.29, 0.717) is 11.4 Å². The first-order valence-corrected chi connectivity index (χ1v) is 8.15. The van der Waals surface area contributed by atoms with Gasteiger partial charge in [-0.15, -0.1) is 0 Å². The second kappa shape index (κ2) is 5.28. The molecule has 0 unspecified atom stereocenters. The van der Waals surface area contributed by atoms with E-state index >= 15 is 0 Å². The molecule has 3 nitrogen and oxygen atoms in total. The van der Waals surface area contributed by atoms with Crippen molar-refractivity contribution in [2.45, 2.75) is 0 Å². The Morgan fingerprint density at radius 1 is 0.680 bits per heavy atom. The highest BCUT2D eigenvalue weighted by molar-refractivity contribution is 6.25. The average Bonchev–Trinajstić information content (AvgIpc) is 2.95. The summed E-state index contributed by atoms with van der Waals surface area (Å²) >= 11 is 0. The Hall–Kier alpha value is -3.46. The fourth-order valence-electron chi connectivity index (χ4n) is 3.32. The summed E-state index contributed by atoms with van der Waals surface area (Å²) in [6.45, 7) is 0. The number of aliphatic imine (C=N–C) groups is 1. The summed E-state index contributed by atoms with van der Waals surface area (Å²) in [6.07, 6.45) is 0. The van der Waals surface area contributed by atoms with Gasteiger partial charge in [0.1, 0.15) is 0 Å². The van der Waals surface area contributed by atoms with Gasteiger partial charge >= 0.3 is 0 Å². The number of rotatable bonds is 1. The van der Waals surface area contributed by atoms with Crippen LogP contribution in [-0.2, 0) is 0 Å². The van der Waals surface area contributed by atoms with E-state index < -0.39 is 0 Å². The minimum absolute atomic E-state index is 0.222. The highest BCUT2D eigenvalue weighted by Gasteiger charge is 2.27. The van der Waals surface area contributed by atoms with E-state index in [0.717, 1.165) is 32.8 Å². The van der Waals surface area contributed by atoms with Gasteiger partial charge in [0.15, 0.2) is 5.84 Å². The molecule has 0 atom stereocenters. The van der Waals surface area contributed by atoms with Crippen molar-refractivity contribution in [3.05, 3.63) is 90.0 Å². The van der Waals surface area contributed by atoms with Gasteiger partial charge in [-0.1, -0.05) is 60.7 Å². The summed E-state index contributed by atoms with van der Waals surface area (Å²) in [6, 6.07) is 26.0. The lowest BCUT2D eigenvalue weighted by Gasteiger charge is -2.04. The molecule has 0 N–H and O–H groups in total. The van der Waals surface area contributed by atoms with E-state index in [1.807, 2.05) is 66.7 Å². The largest absolute Gasteiger partial charge is 0.279 e. The van der Waals surface area contributed by atoms with E-state index in [4.69, 9.17) is 4.99 Å². The third-order valence-electron chi connectivity index (χ3n) is 4.56. The van der Waals surface area contributed by atoms with Crippen LogP contribution >= 0.6 is 0 Å². The molecule has 0 saturated heterocycles. The van der Waals surface area contributed by atoms with Gasteiger partial charge in [-0.05, 0) is 34.4 Å². The molecule has 0 saturated carbocycles. The Morgan fingerprint density at radius 3 is 2.12 bits per heavy atom. The number of hydrogen-bond acceptors (Lipinski definition) is 2. The molecule has 117 valence electrons. The van der Waals surface area contributed by atoms with Crippen LogP contribution in [0.5, 0.6) is 0 Å². The Kier molecular flexibility index (Phi) is 2.94. The Bertz CT molecular complexity index is 1190. The molecule has 1 aliphatic heterocycles. The van der Waals surface area contributed by atoms with Crippen molar-refractivity contribution in [1.82, 2.24) is 5.32 Å². The Labute approximate surface area is 144 Å². The van der Waals surface area contributed by atoms with Gasteiger partial charge in [0.2, 0.25) is 0 Å². The summed E-state index contributed by atoms with van der Waals surface area (Å²) in [7, 11) is 0. The lowest BCUT2D eigenvalue weighted by Crippen LogP contribution is -2.12. The SMILES string of the molecule is O=C1[N]C(=Nc2cccc3ccccc23)c2cc3ccccc3cc21. The molecule has 1 aliphatic rings. The minimum atomic E-state index is -0.222. The molecule has 1 amide bonds. The van der Waals surface area contributed by atoms with Crippen LogP contribution in [0.1, 0.15) is 15.9 Å². The van der Waals surface area contributed by atoms with Gasteiger partial charge in [-0.2, -0.15) is 5.32 Å². The zero-order chi connectivity index (χ0) is 16.8. The fourth-order valence-corrected chi connectivity index (χ4v) is 3.32. The van der Waals surface area contributed by atoms with Crippen LogP contribution in [0.2, 0.25) is 0 Å². The molecule has 0 bridgehead atoms. The second-order valence-corrected chi connectivity index (χ2v) is 6.10. The summed E-state index contributed by atoms with van der Waals surface area (Å²) < 4.78 is 0. The highest BCUT2D eigenvalue weighted by Crippen LogP contribution is 2.29. The third kappa shape index (κ3) is 2.21. The summed E-state index contributed by atoms with van der Waals surface area (Å²) in [5, 5.41) is 8.48. The summed E-state index contributed by atoms with van der Waals surface area (Å²) in [4.78, 5) is 17.0. The monoisotopic (exact) mass is 321 g/mol. The average molecular weight is 321 g/mol. The minimum Gasteiger partial charge on any atom is -0.267 e. The second-order valence-electron chi connectivity index (χ2n) is 6.10. The first kappa shape index (κ1) is 13.9. The van der Waals surface area contributed by atoms with Crippen molar-refractivity contribution in [2.75, 3.05) is 0 Å². The number of amidine groups is 1. The normalized spacial score (nSPS) is 14.9. The van der Waals surface area contributed by atoms with E-state index in [-0.39, 0.29) is 5.91 Å². The number of carbonyl (C=O) groups is 1. The molecular weight excluding hydrogens is 308 g/mol. The Balaban J connectivity index is 1.73. The predicted octanol–water partition coefficient (Wildman–Crippen LogP) is 4.83. The van der Waals surface area contributed by atoms with Crippen LogP contribution in [0.15, 0.2) is 83.9 Å². The quantitative estimate of drug-likeness (QED) is 0.495. The molecule has 25 heavy (non-hydrogen) atoms. The van der Waals surface area contributed by atoms with Crippen molar-refractivity contribution < 1.29 is 4.79 Å². The molecular formula is C22H13N2O. The molecule has 0 aliphatic carbocycles. The maximum absolute atomic E-state index is 12.3. The molecule has 4 aromatic rings. The van der Waals surface area contributed by atoms with Gasteiger partial charge in [0.25, 0.3) is 5.91 Å². The standard InChI is InChI=1S/C22H13N2O/c25-22-19-13-16-8-2-1-7-15(16)12-18(19)21(24-22)23-20-11-5-9-14-6-3-4-10-17(14)20/h1-13H. The zero-order valence-corrected chi connectivity index (χ0v) is 13.3. The molecule has 0 spiro atoms. The maximum Gasteiger partial charge on any atom is 0.279 e.